The lowest BCUT2D eigenvalue weighted by atomic mass is 9.84. The van der Waals surface area contributed by atoms with Crippen molar-refractivity contribution in [3.8, 4) is 0 Å². The molecule has 1 aromatic rings. The average Bonchev–Trinajstić information content (AvgIpc) is 2.87. The van der Waals surface area contributed by atoms with E-state index in [9.17, 15) is 4.79 Å². The lowest BCUT2D eigenvalue weighted by Crippen LogP contribution is -2.34. The molecule has 2 bridgehead atoms. The number of carbonyl (C=O) groups excluding carboxylic acids is 1. The van der Waals surface area contributed by atoms with Gasteiger partial charge in [-0.05, 0) is 37.0 Å². The maximum absolute atomic E-state index is 11.6. The molecule has 2 nitrogen and oxygen atoms in total. The minimum atomic E-state index is 0.231. The molecular weight excluding hydrogens is 234 g/mol. The lowest BCUT2D eigenvalue weighted by Gasteiger charge is -2.23. The van der Waals surface area contributed by atoms with Crippen molar-refractivity contribution in [3.05, 3.63) is 34.9 Å². The highest BCUT2D eigenvalue weighted by atomic mass is 35.5. The Morgan fingerprint density at radius 1 is 1.29 bits per heavy atom. The summed E-state index contributed by atoms with van der Waals surface area (Å²) in [7, 11) is 0. The molecule has 1 amide bonds. The number of rotatable bonds is 1. The fourth-order valence-electron chi connectivity index (χ4n) is 3.55. The predicted molar refractivity (Wildman–Crippen MR) is 68.1 cm³/mol. The van der Waals surface area contributed by atoms with Gasteiger partial charge < -0.3 is 4.90 Å². The van der Waals surface area contributed by atoms with Crippen LogP contribution in [0.1, 0.15) is 37.7 Å². The van der Waals surface area contributed by atoms with Crippen LogP contribution in [0.15, 0.2) is 24.3 Å². The van der Waals surface area contributed by atoms with Gasteiger partial charge in [0.1, 0.15) is 0 Å². The number of nitrogens with zero attached hydrogens (tertiary/aromatic N) is 1. The minimum Gasteiger partial charge on any atom is -0.336 e. The Balaban J connectivity index is 1.87. The molecule has 17 heavy (non-hydrogen) atoms. The molecule has 3 heteroatoms. The first kappa shape index (κ1) is 11.1. The molecule has 0 spiro atoms. The third kappa shape index (κ3) is 1.75. The number of halogens is 1. The third-order valence-corrected chi connectivity index (χ3v) is 4.45. The molecular formula is C14H16ClNO. The molecule has 0 aromatic heterocycles. The standard InChI is InChI=1S/C14H16ClNO/c1-9(17)16-12-6-7-14(16)13(8-12)10-2-4-11(15)5-3-10/h2-5,12-14H,6-8H2,1H3. The summed E-state index contributed by atoms with van der Waals surface area (Å²) in [6, 6.07) is 8.98. The molecule has 2 heterocycles. The van der Waals surface area contributed by atoms with Gasteiger partial charge in [-0.2, -0.15) is 0 Å². The smallest absolute Gasteiger partial charge is 0.219 e. The fraction of sp³-hybridized carbons (Fsp3) is 0.500. The second kappa shape index (κ2) is 4.02. The number of hydrogen-bond acceptors (Lipinski definition) is 1. The van der Waals surface area contributed by atoms with Crippen LogP contribution < -0.4 is 0 Å². The van der Waals surface area contributed by atoms with Crippen LogP contribution >= 0.6 is 11.6 Å². The first-order valence-electron chi connectivity index (χ1n) is 6.21. The molecule has 0 saturated carbocycles. The zero-order valence-corrected chi connectivity index (χ0v) is 10.7. The van der Waals surface area contributed by atoms with Gasteiger partial charge in [0.2, 0.25) is 5.91 Å². The summed E-state index contributed by atoms with van der Waals surface area (Å²) in [5, 5.41) is 0.778. The van der Waals surface area contributed by atoms with Crippen molar-refractivity contribution in [3.63, 3.8) is 0 Å². The van der Waals surface area contributed by atoms with Crippen LogP contribution in [0.5, 0.6) is 0 Å². The van der Waals surface area contributed by atoms with Crippen LogP contribution in [0.4, 0.5) is 0 Å². The van der Waals surface area contributed by atoms with Crippen molar-refractivity contribution < 1.29 is 4.79 Å². The van der Waals surface area contributed by atoms with Crippen LogP contribution in [0, 0.1) is 0 Å². The summed E-state index contributed by atoms with van der Waals surface area (Å²) >= 11 is 5.91. The van der Waals surface area contributed by atoms with Gasteiger partial charge >= 0.3 is 0 Å². The van der Waals surface area contributed by atoms with Crippen LogP contribution in [-0.2, 0) is 4.79 Å². The molecule has 0 N–H and O–H groups in total. The Bertz CT molecular complexity index is 442. The van der Waals surface area contributed by atoms with E-state index in [0.29, 0.717) is 18.0 Å². The van der Waals surface area contributed by atoms with Gasteiger partial charge in [0, 0.05) is 29.9 Å². The summed E-state index contributed by atoms with van der Waals surface area (Å²) in [6.07, 6.45) is 3.44. The summed E-state index contributed by atoms with van der Waals surface area (Å²) in [6.45, 7) is 1.69. The first-order valence-corrected chi connectivity index (χ1v) is 6.59. The summed E-state index contributed by atoms with van der Waals surface area (Å²) in [5.74, 6) is 0.740. The Kier molecular flexibility index (Phi) is 2.62. The second-order valence-electron chi connectivity index (χ2n) is 5.12. The normalized spacial score (nSPS) is 30.9. The van der Waals surface area contributed by atoms with Crippen molar-refractivity contribution in [1.82, 2.24) is 4.90 Å². The van der Waals surface area contributed by atoms with E-state index in [-0.39, 0.29) is 5.91 Å². The molecule has 3 unspecified atom stereocenters. The van der Waals surface area contributed by atoms with E-state index in [4.69, 9.17) is 11.6 Å². The Morgan fingerprint density at radius 2 is 2.00 bits per heavy atom. The zero-order valence-electron chi connectivity index (χ0n) is 9.90. The fourth-order valence-corrected chi connectivity index (χ4v) is 3.67. The van der Waals surface area contributed by atoms with E-state index in [1.807, 2.05) is 12.1 Å². The molecule has 2 saturated heterocycles. The van der Waals surface area contributed by atoms with Crippen LogP contribution in [0.2, 0.25) is 5.02 Å². The van der Waals surface area contributed by atoms with E-state index < -0.39 is 0 Å². The van der Waals surface area contributed by atoms with E-state index in [1.54, 1.807) is 6.92 Å². The van der Waals surface area contributed by atoms with Gasteiger partial charge in [-0.25, -0.2) is 0 Å². The highest BCUT2D eigenvalue weighted by Gasteiger charge is 2.47. The number of fused-ring (bicyclic) bond motifs is 2. The van der Waals surface area contributed by atoms with E-state index >= 15 is 0 Å². The number of hydrogen-bond donors (Lipinski definition) is 0. The maximum Gasteiger partial charge on any atom is 0.219 e. The van der Waals surface area contributed by atoms with Crippen LogP contribution in [0.25, 0.3) is 0 Å². The van der Waals surface area contributed by atoms with Crippen LogP contribution in [0.3, 0.4) is 0 Å². The van der Waals surface area contributed by atoms with Gasteiger partial charge in [0.25, 0.3) is 0 Å². The van der Waals surface area contributed by atoms with Gasteiger partial charge in [-0.3, -0.25) is 4.79 Å². The highest BCUT2D eigenvalue weighted by molar-refractivity contribution is 6.30. The van der Waals surface area contributed by atoms with Crippen molar-refractivity contribution in [1.29, 1.82) is 0 Å². The van der Waals surface area contributed by atoms with E-state index in [2.05, 4.69) is 17.0 Å². The van der Waals surface area contributed by atoms with Crippen molar-refractivity contribution in [2.45, 2.75) is 44.2 Å². The van der Waals surface area contributed by atoms with E-state index in [1.165, 1.54) is 12.0 Å². The van der Waals surface area contributed by atoms with Crippen molar-refractivity contribution in [2.24, 2.45) is 0 Å². The second-order valence-corrected chi connectivity index (χ2v) is 5.55. The minimum absolute atomic E-state index is 0.231. The molecule has 1 aromatic carbocycles. The number of amides is 1. The Morgan fingerprint density at radius 3 is 2.59 bits per heavy atom. The number of carbonyl (C=O) groups is 1. The number of benzene rings is 1. The molecule has 3 rings (SSSR count). The molecule has 0 aliphatic carbocycles. The highest BCUT2D eigenvalue weighted by Crippen LogP contribution is 2.46. The molecule has 90 valence electrons. The quantitative estimate of drug-likeness (QED) is 0.749. The van der Waals surface area contributed by atoms with Crippen molar-refractivity contribution in [2.75, 3.05) is 0 Å². The summed E-state index contributed by atoms with van der Waals surface area (Å²) < 4.78 is 0. The van der Waals surface area contributed by atoms with Gasteiger partial charge in [-0.1, -0.05) is 23.7 Å². The molecule has 2 aliphatic rings. The SMILES string of the molecule is CC(=O)N1C2CCC1C(c1ccc(Cl)cc1)C2. The Hall–Kier alpha value is -1.02. The Labute approximate surface area is 107 Å². The molecule has 0 radical (unpaired) electrons. The monoisotopic (exact) mass is 249 g/mol. The van der Waals surface area contributed by atoms with Crippen molar-refractivity contribution >= 4 is 17.5 Å². The molecule has 2 fully saturated rings. The van der Waals surface area contributed by atoms with Gasteiger partial charge in [0.15, 0.2) is 0 Å². The molecule has 3 atom stereocenters. The third-order valence-electron chi connectivity index (χ3n) is 4.20. The topological polar surface area (TPSA) is 20.3 Å². The largest absolute Gasteiger partial charge is 0.336 e. The average molecular weight is 250 g/mol. The lowest BCUT2D eigenvalue weighted by molar-refractivity contribution is -0.130. The summed E-state index contributed by atoms with van der Waals surface area (Å²) in [4.78, 5) is 13.7. The van der Waals surface area contributed by atoms with Gasteiger partial charge in [0.05, 0.1) is 0 Å². The zero-order chi connectivity index (χ0) is 12.0. The van der Waals surface area contributed by atoms with Crippen LogP contribution in [-0.4, -0.2) is 22.9 Å². The van der Waals surface area contributed by atoms with Gasteiger partial charge in [-0.15, -0.1) is 0 Å². The first-order chi connectivity index (χ1) is 8.16. The predicted octanol–water partition coefficient (Wildman–Crippen LogP) is 3.21. The summed E-state index contributed by atoms with van der Waals surface area (Å²) in [5.41, 5.74) is 1.33. The molecule has 2 aliphatic heterocycles. The maximum atomic E-state index is 11.6. The van der Waals surface area contributed by atoms with E-state index in [0.717, 1.165) is 17.9 Å².